The second-order valence-corrected chi connectivity index (χ2v) is 4.77. The van der Waals surface area contributed by atoms with Crippen molar-refractivity contribution in [1.29, 1.82) is 0 Å². The molecule has 0 fully saturated rings. The number of hydrogen-bond donors (Lipinski definition) is 1. The Morgan fingerprint density at radius 3 is 2.70 bits per heavy atom. The van der Waals surface area contributed by atoms with Crippen LogP contribution >= 0.6 is 0 Å². The van der Waals surface area contributed by atoms with Crippen molar-refractivity contribution >= 4 is 0 Å². The normalized spacial score (nSPS) is 12.7. The number of halogens is 2. The van der Waals surface area contributed by atoms with Crippen LogP contribution in [0, 0.1) is 11.6 Å². The van der Waals surface area contributed by atoms with Gasteiger partial charge in [0.05, 0.1) is 5.69 Å². The van der Waals surface area contributed by atoms with E-state index in [0.717, 1.165) is 11.8 Å². The first-order valence-corrected chi connectivity index (χ1v) is 6.36. The number of likely N-dealkylation sites (N-methyl/N-ethyl adjacent to an activating group) is 1. The molecule has 2 aromatic rings. The predicted molar refractivity (Wildman–Crippen MR) is 73.9 cm³/mol. The molecule has 20 heavy (non-hydrogen) atoms. The third-order valence-electron chi connectivity index (χ3n) is 3.05. The molecule has 0 radical (unpaired) electrons. The van der Waals surface area contributed by atoms with Gasteiger partial charge in [0, 0.05) is 30.9 Å². The van der Waals surface area contributed by atoms with Crippen molar-refractivity contribution in [3.05, 3.63) is 65.5 Å². The Morgan fingerprint density at radius 2 is 2.00 bits per heavy atom. The molecular formula is C15H17F2N3. The smallest absolute Gasteiger partial charge is 0.163 e. The predicted octanol–water partition coefficient (Wildman–Crippen LogP) is 2.49. The minimum absolute atomic E-state index is 0.192. The maximum Gasteiger partial charge on any atom is 0.163 e. The summed E-state index contributed by atoms with van der Waals surface area (Å²) in [4.78, 5) is 6.14. The van der Waals surface area contributed by atoms with Gasteiger partial charge in [-0.25, -0.2) is 8.78 Å². The SMILES string of the molecule is CN(Cc1ccccn1)CC(N)c1cccc(F)c1F. The van der Waals surface area contributed by atoms with E-state index < -0.39 is 17.7 Å². The van der Waals surface area contributed by atoms with Gasteiger partial charge in [-0.3, -0.25) is 9.88 Å². The van der Waals surface area contributed by atoms with Gasteiger partial charge in [0.25, 0.3) is 0 Å². The summed E-state index contributed by atoms with van der Waals surface area (Å²) in [5.41, 5.74) is 7.05. The van der Waals surface area contributed by atoms with E-state index in [0.29, 0.717) is 13.1 Å². The largest absolute Gasteiger partial charge is 0.323 e. The Balaban J connectivity index is 2.00. The lowest BCUT2D eigenvalue weighted by Crippen LogP contribution is -2.29. The molecular weight excluding hydrogens is 260 g/mol. The number of pyridine rings is 1. The van der Waals surface area contributed by atoms with Gasteiger partial charge in [-0.2, -0.15) is 0 Å². The maximum absolute atomic E-state index is 13.6. The molecule has 2 rings (SSSR count). The average Bonchev–Trinajstić information content (AvgIpc) is 2.42. The molecule has 106 valence electrons. The number of nitrogens with two attached hydrogens (primary N) is 1. The van der Waals surface area contributed by atoms with E-state index in [-0.39, 0.29) is 5.56 Å². The average molecular weight is 277 g/mol. The molecule has 1 aromatic carbocycles. The van der Waals surface area contributed by atoms with Crippen molar-refractivity contribution < 1.29 is 8.78 Å². The molecule has 5 heteroatoms. The summed E-state index contributed by atoms with van der Waals surface area (Å²) < 4.78 is 26.8. The van der Waals surface area contributed by atoms with E-state index in [2.05, 4.69) is 4.98 Å². The highest BCUT2D eigenvalue weighted by molar-refractivity contribution is 5.22. The molecule has 0 aliphatic carbocycles. The zero-order chi connectivity index (χ0) is 14.5. The second-order valence-electron chi connectivity index (χ2n) is 4.77. The Labute approximate surface area is 117 Å². The van der Waals surface area contributed by atoms with Gasteiger partial charge < -0.3 is 5.73 Å². The molecule has 0 saturated heterocycles. The van der Waals surface area contributed by atoms with Gasteiger partial charge in [0.2, 0.25) is 0 Å². The molecule has 2 N–H and O–H groups in total. The van der Waals surface area contributed by atoms with E-state index >= 15 is 0 Å². The Kier molecular flexibility index (Phi) is 4.76. The summed E-state index contributed by atoms with van der Waals surface area (Å²) in [5, 5.41) is 0. The summed E-state index contributed by atoms with van der Waals surface area (Å²) in [7, 11) is 1.87. The topological polar surface area (TPSA) is 42.2 Å². The molecule has 0 aliphatic rings. The Bertz CT molecular complexity index is 560. The van der Waals surface area contributed by atoms with Crippen LogP contribution in [0.25, 0.3) is 0 Å². The monoisotopic (exact) mass is 277 g/mol. The van der Waals surface area contributed by atoms with Gasteiger partial charge in [-0.15, -0.1) is 0 Å². The molecule has 1 atom stereocenters. The van der Waals surface area contributed by atoms with Gasteiger partial charge in [-0.05, 0) is 25.2 Å². The standard InChI is InChI=1S/C15H17F2N3/c1-20(9-11-5-2-3-8-19-11)10-14(18)12-6-4-7-13(16)15(12)17/h2-8,14H,9-10,18H2,1H3. The van der Waals surface area contributed by atoms with E-state index in [4.69, 9.17) is 5.73 Å². The van der Waals surface area contributed by atoms with E-state index in [1.54, 1.807) is 6.20 Å². The highest BCUT2D eigenvalue weighted by Crippen LogP contribution is 2.18. The number of nitrogens with zero attached hydrogens (tertiary/aromatic N) is 2. The summed E-state index contributed by atoms with van der Waals surface area (Å²) in [6.07, 6.45) is 1.72. The Hall–Kier alpha value is -1.85. The Morgan fingerprint density at radius 1 is 1.20 bits per heavy atom. The molecule has 0 spiro atoms. The first kappa shape index (κ1) is 14.6. The van der Waals surface area contributed by atoms with Gasteiger partial charge in [-0.1, -0.05) is 18.2 Å². The second kappa shape index (κ2) is 6.54. The quantitative estimate of drug-likeness (QED) is 0.913. The molecule has 0 amide bonds. The van der Waals surface area contributed by atoms with Crippen molar-refractivity contribution in [2.75, 3.05) is 13.6 Å². The lowest BCUT2D eigenvalue weighted by Gasteiger charge is -2.21. The van der Waals surface area contributed by atoms with Crippen LogP contribution < -0.4 is 5.73 Å². The lowest BCUT2D eigenvalue weighted by molar-refractivity contribution is 0.298. The number of benzene rings is 1. The molecule has 0 bridgehead atoms. The van der Waals surface area contributed by atoms with Crippen LogP contribution in [0.2, 0.25) is 0 Å². The molecule has 0 saturated carbocycles. The minimum atomic E-state index is -0.870. The van der Waals surface area contributed by atoms with Crippen LogP contribution in [-0.2, 0) is 6.54 Å². The minimum Gasteiger partial charge on any atom is -0.323 e. The summed E-state index contributed by atoms with van der Waals surface area (Å²) in [5.74, 6) is -1.74. The van der Waals surface area contributed by atoms with Gasteiger partial charge >= 0.3 is 0 Å². The maximum atomic E-state index is 13.6. The fourth-order valence-corrected chi connectivity index (χ4v) is 2.07. The summed E-state index contributed by atoms with van der Waals surface area (Å²) >= 11 is 0. The molecule has 1 aromatic heterocycles. The first-order chi connectivity index (χ1) is 9.58. The van der Waals surface area contributed by atoms with Crippen LogP contribution in [0.4, 0.5) is 8.78 Å². The zero-order valence-electron chi connectivity index (χ0n) is 11.3. The number of rotatable bonds is 5. The van der Waals surface area contributed by atoms with E-state index in [1.165, 1.54) is 12.1 Å². The van der Waals surface area contributed by atoms with Crippen molar-refractivity contribution in [2.24, 2.45) is 5.73 Å². The lowest BCUT2D eigenvalue weighted by atomic mass is 10.1. The van der Waals surface area contributed by atoms with Crippen LogP contribution in [0.15, 0.2) is 42.6 Å². The third kappa shape index (κ3) is 3.59. The molecule has 1 heterocycles. The van der Waals surface area contributed by atoms with E-state index in [9.17, 15) is 8.78 Å². The fourth-order valence-electron chi connectivity index (χ4n) is 2.07. The van der Waals surface area contributed by atoms with E-state index in [1.807, 2.05) is 30.1 Å². The molecule has 3 nitrogen and oxygen atoms in total. The zero-order valence-corrected chi connectivity index (χ0v) is 11.3. The summed E-state index contributed by atoms with van der Waals surface area (Å²) in [6, 6.07) is 9.14. The van der Waals surface area contributed by atoms with Gasteiger partial charge in [0.15, 0.2) is 11.6 Å². The van der Waals surface area contributed by atoms with Crippen LogP contribution in [0.3, 0.4) is 0 Å². The summed E-state index contributed by atoms with van der Waals surface area (Å²) in [6.45, 7) is 1.02. The van der Waals surface area contributed by atoms with Crippen molar-refractivity contribution in [3.63, 3.8) is 0 Å². The molecule has 0 aliphatic heterocycles. The molecule has 1 unspecified atom stereocenters. The number of hydrogen-bond acceptors (Lipinski definition) is 3. The van der Waals surface area contributed by atoms with Crippen molar-refractivity contribution in [3.8, 4) is 0 Å². The highest BCUT2D eigenvalue weighted by atomic mass is 19.2. The van der Waals surface area contributed by atoms with Crippen LogP contribution in [0.5, 0.6) is 0 Å². The fraction of sp³-hybridized carbons (Fsp3) is 0.267. The van der Waals surface area contributed by atoms with Crippen molar-refractivity contribution in [2.45, 2.75) is 12.6 Å². The van der Waals surface area contributed by atoms with Gasteiger partial charge in [0.1, 0.15) is 0 Å². The number of aromatic nitrogens is 1. The third-order valence-corrected chi connectivity index (χ3v) is 3.05. The van der Waals surface area contributed by atoms with Crippen molar-refractivity contribution in [1.82, 2.24) is 9.88 Å². The van der Waals surface area contributed by atoms with Crippen LogP contribution in [0.1, 0.15) is 17.3 Å². The first-order valence-electron chi connectivity index (χ1n) is 6.36. The van der Waals surface area contributed by atoms with Crippen LogP contribution in [-0.4, -0.2) is 23.5 Å². The highest BCUT2D eigenvalue weighted by Gasteiger charge is 2.16.